The van der Waals surface area contributed by atoms with Crippen molar-refractivity contribution in [3.63, 3.8) is 0 Å². The van der Waals surface area contributed by atoms with Crippen LogP contribution in [0.5, 0.6) is 0 Å². The lowest BCUT2D eigenvalue weighted by atomic mass is 9.87. The van der Waals surface area contributed by atoms with Gasteiger partial charge in [-0.15, -0.1) is 0 Å². The second-order valence-corrected chi connectivity index (χ2v) is 4.72. The molecule has 1 aromatic rings. The zero-order chi connectivity index (χ0) is 13.3. The molecule has 0 aliphatic heterocycles. The molecule has 0 radical (unpaired) electrons. The Morgan fingerprint density at radius 1 is 1.22 bits per heavy atom. The Labute approximate surface area is 107 Å². The Morgan fingerprint density at radius 2 is 1.83 bits per heavy atom. The number of hydrogen-bond acceptors (Lipinski definition) is 3. The van der Waals surface area contributed by atoms with Crippen molar-refractivity contribution in [1.82, 2.24) is 0 Å². The summed E-state index contributed by atoms with van der Waals surface area (Å²) in [6.07, 6.45) is 3.91. The van der Waals surface area contributed by atoms with Crippen molar-refractivity contribution in [2.75, 3.05) is 6.61 Å². The molecule has 1 heterocycles. The average Bonchev–Trinajstić information content (AvgIpc) is 2.37. The van der Waals surface area contributed by atoms with E-state index < -0.39 is 0 Å². The number of rotatable bonds is 2. The first-order valence-corrected chi connectivity index (χ1v) is 6.49. The summed E-state index contributed by atoms with van der Waals surface area (Å²) in [7, 11) is 0. The van der Waals surface area contributed by atoms with E-state index in [1.54, 1.807) is 13.8 Å². The first-order valence-electron chi connectivity index (χ1n) is 6.49. The van der Waals surface area contributed by atoms with E-state index in [4.69, 9.17) is 4.74 Å². The van der Waals surface area contributed by atoms with Crippen molar-refractivity contribution < 1.29 is 14.3 Å². The molecule has 2 rings (SSSR count). The topological polar surface area (TPSA) is 53.2 Å². The highest BCUT2D eigenvalue weighted by atomic mass is 16.5. The Bertz CT molecular complexity index is 495. The van der Waals surface area contributed by atoms with Gasteiger partial charge in [-0.25, -0.2) is 4.79 Å². The number of esters is 1. The SMILES string of the molecule is CCOC(=O)c1c2c(c(C)[n+]([O-])c1C)CCCC2. The van der Waals surface area contributed by atoms with Crippen LogP contribution in [0.1, 0.15) is 52.6 Å². The summed E-state index contributed by atoms with van der Waals surface area (Å²) < 4.78 is 5.95. The van der Waals surface area contributed by atoms with E-state index in [0.717, 1.165) is 47.2 Å². The van der Waals surface area contributed by atoms with Crippen LogP contribution in [0, 0.1) is 19.1 Å². The molecule has 0 fully saturated rings. The van der Waals surface area contributed by atoms with Crippen LogP contribution in [-0.4, -0.2) is 12.6 Å². The molecule has 0 unspecified atom stereocenters. The van der Waals surface area contributed by atoms with Crippen LogP contribution in [0.4, 0.5) is 0 Å². The highest BCUT2D eigenvalue weighted by molar-refractivity contribution is 5.92. The highest BCUT2D eigenvalue weighted by Gasteiger charge is 2.29. The van der Waals surface area contributed by atoms with Crippen molar-refractivity contribution in [2.45, 2.75) is 46.5 Å². The fourth-order valence-corrected chi connectivity index (χ4v) is 2.75. The average molecular weight is 249 g/mol. The highest BCUT2D eigenvalue weighted by Crippen LogP contribution is 2.27. The molecular weight excluding hydrogens is 230 g/mol. The van der Waals surface area contributed by atoms with Gasteiger partial charge in [0.25, 0.3) is 0 Å². The van der Waals surface area contributed by atoms with E-state index in [0.29, 0.717) is 17.9 Å². The fourth-order valence-electron chi connectivity index (χ4n) is 2.75. The van der Waals surface area contributed by atoms with Crippen LogP contribution in [0.15, 0.2) is 0 Å². The lowest BCUT2D eigenvalue weighted by molar-refractivity contribution is -0.619. The molecule has 0 amide bonds. The molecule has 0 spiro atoms. The summed E-state index contributed by atoms with van der Waals surface area (Å²) in [5.41, 5.74) is 3.76. The molecule has 4 heteroatoms. The number of aromatic nitrogens is 1. The second-order valence-electron chi connectivity index (χ2n) is 4.72. The van der Waals surface area contributed by atoms with Crippen LogP contribution in [-0.2, 0) is 17.6 Å². The lowest BCUT2D eigenvalue weighted by Crippen LogP contribution is -2.39. The van der Waals surface area contributed by atoms with E-state index in [1.807, 2.05) is 6.92 Å². The number of ether oxygens (including phenoxy) is 1. The summed E-state index contributed by atoms with van der Waals surface area (Å²) in [5.74, 6) is -0.363. The van der Waals surface area contributed by atoms with E-state index in [-0.39, 0.29) is 5.97 Å². The molecule has 0 N–H and O–H groups in total. The molecule has 0 aromatic carbocycles. The van der Waals surface area contributed by atoms with Gasteiger partial charge in [0, 0.05) is 19.4 Å². The van der Waals surface area contributed by atoms with Crippen molar-refractivity contribution in [3.8, 4) is 0 Å². The van der Waals surface area contributed by atoms with Crippen LogP contribution >= 0.6 is 0 Å². The summed E-state index contributed by atoms with van der Waals surface area (Å²) in [6, 6.07) is 0. The van der Waals surface area contributed by atoms with E-state index >= 15 is 0 Å². The molecule has 0 atom stereocenters. The third-order valence-electron chi connectivity index (χ3n) is 3.66. The Balaban J connectivity index is 2.64. The molecule has 18 heavy (non-hydrogen) atoms. The standard InChI is InChI=1S/C14H19NO3/c1-4-18-14(16)13-10(3)15(17)9(2)11-7-5-6-8-12(11)13/h4-8H2,1-3H3. The predicted molar refractivity (Wildman–Crippen MR) is 67.5 cm³/mol. The third-order valence-corrected chi connectivity index (χ3v) is 3.66. The number of carbonyl (C=O) groups is 1. The van der Waals surface area contributed by atoms with Gasteiger partial charge in [-0.3, -0.25) is 0 Å². The predicted octanol–water partition coefficient (Wildman–Crippen LogP) is 1.99. The molecule has 4 nitrogen and oxygen atoms in total. The second kappa shape index (κ2) is 4.96. The van der Waals surface area contributed by atoms with Crippen molar-refractivity contribution in [1.29, 1.82) is 0 Å². The minimum Gasteiger partial charge on any atom is -0.618 e. The van der Waals surface area contributed by atoms with Crippen molar-refractivity contribution in [2.24, 2.45) is 0 Å². The van der Waals surface area contributed by atoms with Crippen LogP contribution in [0.2, 0.25) is 0 Å². The number of fused-ring (bicyclic) bond motifs is 1. The summed E-state index contributed by atoms with van der Waals surface area (Å²) in [5, 5.41) is 12.1. The third kappa shape index (κ3) is 1.96. The lowest BCUT2D eigenvalue weighted by Gasteiger charge is -2.21. The molecule has 0 saturated heterocycles. The zero-order valence-corrected chi connectivity index (χ0v) is 11.2. The zero-order valence-electron chi connectivity index (χ0n) is 11.2. The first kappa shape index (κ1) is 12.9. The molecule has 0 bridgehead atoms. The van der Waals surface area contributed by atoms with Gasteiger partial charge in [-0.1, -0.05) is 0 Å². The molecular formula is C14H19NO3. The maximum absolute atomic E-state index is 12.1. The molecule has 0 saturated carbocycles. The van der Waals surface area contributed by atoms with Gasteiger partial charge in [0.2, 0.25) is 5.69 Å². The monoisotopic (exact) mass is 249 g/mol. The van der Waals surface area contributed by atoms with E-state index in [9.17, 15) is 10.0 Å². The van der Waals surface area contributed by atoms with Gasteiger partial charge >= 0.3 is 5.97 Å². The summed E-state index contributed by atoms with van der Waals surface area (Å²) >= 11 is 0. The van der Waals surface area contributed by atoms with Gasteiger partial charge in [-0.2, -0.15) is 4.73 Å². The normalized spacial score (nSPS) is 14.2. The minimum absolute atomic E-state index is 0.333. The van der Waals surface area contributed by atoms with E-state index in [2.05, 4.69) is 0 Å². The van der Waals surface area contributed by atoms with Gasteiger partial charge in [0.05, 0.1) is 6.61 Å². The first-order chi connectivity index (χ1) is 8.57. The van der Waals surface area contributed by atoms with Crippen LogP contribution < -0.4 is 4.73 Å². The fraction of sp³-hybridized carbons (Fsp3) is 0.571. The van der Waals surface area contributed by atoms with E-state index in [1.165, 1.54) is 0 Å². The largest absolute Gasteiger partial charge is 0.618 e. The Morgan fingerprint density at radius 3 is 2.44 bits per heavy atom. The smallest absolute Gasteiger partial charge is 0.344 e. The van der Waals surface area contributed by atoms with Gasteiger partial charge in [-0.05, 0) is 38.2 Å². The van der Waals surface area contributed by atoms with Gasteiger partial charge in [0.1, 0.15) is 5.56 Å². The minimum atomic E-state index is -0.363. The van der Waals surface area contributed by atoms with Crippen LogP contribution in [0.25, 0.3) is 0 Å². The quantitative estimate of drug-likeness (QED) is 0.457. The van der Waals surface area contributed by atoms with Gasteiger partial charge < -0.3 is 9.94 Å². The number of pyridine rings is 1. The molecule has 1 aromatic heterocycles. The molecule has 98 valence electrons. The summed E-state index contributed by atoms with van der Waals surface area (Å²) in [6.45, 7) is 5.64. The number of carbonyl (C=O) groups excluding carboxylic acids is 1. The number of nitrogens with zero attached hydrogens (tertiary/aromatic N) is 1. The van der Waals surface area contributed by atoms with Crippen molar-refractivity contribution in [3.05, 3.63) is 33.3 Å². The molecule has 1 aliphatic rings. The van der Waals surface area contributed by atoms with Crippen molar-refractivity contribution >= 4 is 5.97 Å². The maximum Gasteiger partial charge on any atom is 0.344 e. The summed E-state index contributed by atoms with van der Waals surface area (Å²) in [4.78, 5) is 12.0. The number of hydrogen-bond donors (Lipinski definition) is 0. The Hall–Kier alpha value is -1.58. The van der Waals surface area contributed by atoms with Gasteiger partial charge in [0.15, 0.2) is 5.69 Å². The Kier molecular flexibility index (Phi) is 3.55. The maximum atomic E-state index is 12.1. The van der Waals surface area contributed by atoms with Crippen LogP contribution in [0.3, 0.4) is 0 Å². The molecule has 1 aliphatic carbocycles.